The topological polar surface area (TPSA) is 59.8 Å². The molecule has 0 bridgehead atoms. The van der Waals surface area contributed by atoms with E-state index in [1.54, 1.807) is 0 Å². The van der Waals surface area contributed by atoms with Crippen molar-refractivity contribution in [2.24, 2.45) is 11.0 Å². The average Bonchev–Trinajstić information content (AvgIpc) is 3.58. The van der Waals surface area contributed by atoms with Gasteiger partial charge in [0.25, 0.3) is 0 Å². The van der Waals surface area contributed by atoms with E-state index in [9.17, 15) is 0 Å². The number of aromatic nitrogens is 2. The Morgan fingerprint density at radius 3 is 2.44 bits per heavy atom. The van der Waals surface area contributed by atoms with Crippen LogP contribution in [0.25, 0.3) is 0 Å². The highest BCUT2D eigenvalue weighted by atomic mass is 16.5. The minimum Gasteiger partial charge on any atom is -0.489 e. The van der Waals surface area contributed by atoms with Gasteiger partial charge in [-0.25, -0.2) is 5.01 Å². The van der Waals surface area contributed by atoms with E-state index in [1.807, 2.05) is 53.5 Å². The first-order valence-electron chi connectivity index (χ1n) is 11.8. The molecule has 0 radical (unpaired) electrons. The molecule has 2 aromatic carbocycles. The molecule has 1 aliphatic heterocycles. The number of nitrogens with zero attached hydrogens (tertiary/aromatic N) is 4. The van der Waals surface area contributed by atoms with Crippen molar-refractivity contribution in [3.05, 3.63) is 102 Å². The van der Waals surface area contributed by atoms with Gasteiger partial charge >= 0.3 is 0 Å². The van der Waals surface area contributed by atoms with Gasteiger partial charge in [0.2, 0.25) is 5.88 Å². The van der Waals surface area contributed by atoms with Gasteiger partial charge in [-0.05, 0) is 24.1 Å². The monoisotopic (exact) mass is 452 g/mol. The van der Waals surface area contributed by atoms with E-state index in [4.69, 9.17) is 14.6 Å². The molecule has 1 aromatic heterocycles. The Kier molecular flexibility index (Phi) is 6.66. The number of allylic oxidation sites excluding steroid dienone is 4. The molecule has 5 rings (SSSR count). The fraction of sp³-hybridized carbons (Fsp3) is 0.250. The number of benzene rings is 2. The van der Waals surface area contributed by atoms with E-state index in [2.05, 4.69) is 59.6 Å². The smallest absolute Gasteiger partial charge is 0.233 e. The summed E-state index contributed by atoms with van der Waals surface area (Å²) in [7, 11) is 0. The molecule has 34 heavy (non-hydrogen) atoms. The summed E-state index contributed by atoms with van der Waals surface area (Å²) in [4.78, 5) is 0. The fourth-order valence-corrected chi connectivity index (χ4v) is 4.18. The zero-order valence-corrected chi connectivity index (χ0v) is 19.2. The Bertz CT molecular complexity index is 1180. The average molecular weight is 453 g/mol. The summed E-state index contributed by atoms with van der Waals surface area (Å²) >= 11 is 0. The van der Waals surface area contributed by atoms with Crippen LogP contribution in [0.5, 0.6) is 11.6 Å². The van der Waals surface area contributed by atoms with E-state index < -0.39 is 0 Å². The zero-order chi connectivity index (χ0) is 23.2. The third kappa shape index (κ3) is 4.86. The molecule has 2 heterocycles. The third-order valence-electron chi connectivity index (χ3n) is 5.90. The minimum atomic E-state index is -0.0407. The normalized spacial score (nSPS) is 17.3. The molecule has 0 fully saturated rings. The zero-order valence-electron chi connectivity index (χ0n) is 19.2. The largest absolute Gasteiger partial charge is 0.489 e. The molecule has 0 spiro atoms. The van der Waals surface area contributed by atoms with Crippen LogP contribution in [0.4, 0.5) is 5.82 Å². The fourth-order valence-electron chi connectivity index (χ4n) is 4.18. The molecule has 1 aliphatic carbocycles. The number of anilines is 1. The number of para-hydroxylation sites is 1. The maximum Gasteiger partial charge on any atom is 0.233 e. The molecule has 1 unspecified atom stereocenters. The second kappa shape index (κ2) is 10.3. The van der Waals surface area contributed by atoms with Gasteiger partial charge in [0.15, 0.2) is 5.82 Å². The standard InChI is InChI=1S/C28H28N4O2/c1-2-18-33-28-17-16-27(29-30-28)32-25(19-24(31-32)22-12-6-7-13-22)23-14-8-9-15-26(23)34-20-21-10-4-3-5-11-21/h3-17,22,25H,2,18-20H2,1H3. The summed E-state index contributed by atoms with van der Waals surface area (Å²) < 4.78 is 11.9. The lowest BCUT2D eigenvalue weighted by Gasteiger charge is -2.24. The number of ether oxygens (including phenoxy) is 2. The number of rotatable bonds is 9. The first-order valence-corrected chi connectivity index (χ1v) is 11.8. The second-order valence-electron chi connectivity index (χ2n) is 8.34. The van der Waals surface area contributed by atoms with Gasteiger partial charge < -0.3 is 9.47 Å². The van der Waals surface area contributed by atoms with Crippen LogP contribution in [0, 0.1) is 5.92 Å². The Labute approximate surface area is 200 Å². The van der Waals surface area contributed by atoms with E-state index in [0.29, 0.717) is 24.9 Å². The van der Waals surface area contributed by atoms with Crippen LogP contribution in [0.15, 0.2) is 96.1 Å². The van der Waals surface area contributed by atoms with E-state index in [-0.39, 0.29) is 12.0 Å². The Morgan fingerprint density at radius 2 is 1.68 bits per heavy atom. The van der Waals surface area contributed by atoms with E-state index in [1.165, 1.54) is 0 Å². The second-order valence-corrected chi connectivity index (χ2v) is 8.34. The molecular formula is C28H28N4O2. The van der Waals surface area contributed by atoms with Gasteiger partial charge in [-0.3, -0.25) is 0 Å². The first-order chi connectivity index (χ1) is 16.8. The van der Waals surface area contributed by atoms with E-state index in [0.717, 1.165) is 35.4 Å². The minimum absolute atomic E-state index is 0.0407. The summed E-state index contributed by atoms with van der Waals surface area (Å²) in [5, 5.41) is 15.7. The SMILES string of the molecule is CCCOc1ccc(N2N=C(C3C=CC=C3)CC2c2ccccc2OCc2ccccc2)nn1. The van der Waals surface area contributed by atoms with Crippen LogP contribution in [0.1, 0.15) is 36.9 Å². The molecule has 0 saturated heterocycles. The summed E-state index contributed by atoms with van der Waals surface area (Å²) in [6.07, 6.45) is 10.2. The molecule has 6 nitrogen and oxygen atoms in total. The van der Waals surface area contributed by atoms with Crippen molar-refractivity contribution >= 4 is 11.5 Å². The van der Waals surface area contributed by atoms with Crippen LogP contribution in [-0.2, 0) is 6.61 Å². The highest BCUT2D eigenvalue weighted by Gasteiger charge is 2.34. The molecule has 6 heteroatoms. The summed E-state index contributed by atoms with van der Waals surface area (Å²) in [6, 6.07) is 22.1. The Balaban J connectivity index is 1.43. The van der Waals surface area contributed by atoms with Gasteiger partial charge in [-0.2, -0.15) is 5.10 Å². The number of hydrogen-bond donors (Lipinski definition) is 0. The molecule has 0 N–H and O–H groups in total. The molecular weight excluding hydrogens is 424 g/mol. The van der Waals surface area contributed by atoms with Gasteiger partial charge in [-0.15, -0.1) is 10.2 Å². The predicted octanol–water partition coefficient (Wildman–Crippen LogP) is 5.89. The van der Waals surface area contributed by atoms with Gasteiger partial charge in [-0.1, -0.05) is 79.8 Å². The van der Waals surface area contributed by atoms with Crippen molar-refractivity contribution in [3.63, 3.8) is 0 Å². The molecule has 0 amide bonds. The van der Waals surface area contributed by atoms with Crippen molar-refractivity contribution in [2.45, 2.75) is 32.4 Å². The molecule has 172 valence electrons. The number of hydrogen-bond acceptors (Lipinski definition) is 6. The van der Waals surface area contributed by atoms with Crippen LogP contribution in [0.3, 0.4) is 0 Å². The highest BCUT2D eigenvalue weighted by molar-refractivity contribution is 5.94. The van der Waals surface area contributed by atoms with Gasteiger partial charge in [0, 0.05) is 24.0 Å². The molecule has 2 aliphatic rings. The van der Waals surface area contributed by atoms with Crippen LogP contribution in [0.2, 0.25) is 0 Å². The van der Waals surface area contributed by atoms with Gasteiger partial charge in [0.1, 0.15) is 12.4 Å². The van der Waals surface area contributed by atoms with Crippen LogP contribution >= 0.6 is 0 Å². The lowest BCUT2D eigenvalue weighted by atomic mass is 9.95. The van der Waals surface area contributed by atoms with Crippen LogP contribution in [-0.4, -0.2) is 22.5 Å². The lowest BCUT2D eigenvalue weighted by Crippen LogP contribution is -2.21. The molecule has 0 saturated carbocycles. The van der Waals surface area contributed by atoms with E-state index >= 15 is 0 Å². The summed E-state index contributed by atoms with van der Waals surface area (Å²) in [5.41, 5.74) is 3.31. The van der Waals surface area contributed by atoms with Crippen molar-refractivity contribution in [2.75, 3.05) is 11.6 Å². The maximum atomic E-state index is 6.28. The predicted molar refractivity (Wildman–Crippen MR) is 134 cm³/mol. The van der Waals surface area contributed by atoms with Crippen molar-refractivity contribution in [3.8, 4) is 11.6 Å². The van der Waals surface area contributed by atoms with Crippen molar-refractivity contribution in [1.29, 1.82) is 0 Å². The van der Waals surface area contributed by atoms with Gasteiger partial charge in [0.05, 0.1) is 18.4 Å². The lowest BCUT2D eigenvalue weighted by molar-refractivity contribution is 0.300. The Morgan fingerprint density at radius 1 is 0.882 bits per heavy atom. The quantitative estimate of drug-likeness (QED) is 0.405. The van der Waals surface area contributed by atoms with Crippen LogP contribution < -0.4 is 14.5 Å². The summed E-state index contributed by atoms with van der Waals surface area (Å²) in [5.74, 6) is 2.27. The third-order valence-corrected chi connectivity index (χ3v) is 5.90. The maximum absolute atomic E-state index is 6.28. The molecule has 1 atom stereocenters. The first kappa shape index (κ1) is 21.9. The Hall–Kier alpha value is -3.93. The number of hydrazone groups is 1. The molecule has 3 aromatic rings. The highest BCUT2D eigenvalue weighted by Crippen LogP contribution is 2.40. The van der Waals surface area contributed by atoms with Crippen molar-refractivity contribution < 1.29 is 9.47 Å². The van der Waals surface area contributed by atoms with Crippen molar-refractivity contribution in [1.82, 2.24) is 10.2 Å². The summed E-state index contributed by atoms with van der Waals surface area (Å²) in [6.45, 7) is 3.20.